The quantitative estimate of drug-likeness (QED) is 0.881. The second kappa shape index (κ2) is 7.09. The SMILES string of the molecule is CCNc1c(F)cccc1C(=O)NCc1ccc(Cl)cc1. The minimum absolute atomic E-state index is 0.230. The lowest BCUT2D eigenvalue weighted by atomic mass is 10.1. The Labute approximate surface area is 128 Å². The number of hydrogen-bond acceptors (Lipinski definition) is 2. The summed E-state index contributed by atoms with van der Waals surface area (Å²) in [7, 11) is 0. The third kappa shape index (κ3) is 3.95. The number of anilines is 1. The highest BCUT2D eigenvalue weighted by atomic mass is 35.5. The van der Waals surface area contributed by atoms with Crippen LogP contribution < -0.4 is 10.6 Å². The molecule has 0 saturated heterocycles. The Kier molecular flexibility index (Phi) is 5.17. The van der Waals surface area contributed by atoms with Gasteiger partial charge in [0.15, 0.2) is 0 Å². The van der Waals surface area contributed by atoms with Crippen LogP contribution in [0, 0.1) is 5.82 Å². The van der Waals surface area contributed by atoms with Crippen LogP contribution in [0.1, 0.15) is 22.8 Å². The highest BCUT2D eigenvalue weighted by molar-refractivity contribution is 6.30. The van der Waals surface area contributed by atoms with Crippen molar-refractivity contribution in [1.29, 1.82) is 0 Å². The zero-order valence-corrected chi connectivity index (χ0v) is 12.4. The average molecular weight is 307 g/mol. The summed E-state index contributed by atoms with van der Waals surface area (Å²) in [5.41, 5.74) is 1.45. The molecular weight excluding hydrogens is 291 g/mol. The molecule has 0 bridgehead atoms. The molecule has 21 heavy (non-hydrogen) atoms. The lowest BCUT2D eigenvalue weighted by Gasteiger charge is -2.12. The normalized spacial score (nSPS) is 10.2. The third-order valence-corrected chi connectivity index (χ3v) is 3.23. The third-order valence-electron chi connectivity index (χ3n) is 2.98. The summed E-state index contributed by atoms with van der Waals surface area (Å²) in [5, 5.41) is 6.29. The topological polar surface area (TPSA) is 41.1 Å². The molecule has 0 aliphatic heterocycles. The van der Waals surface area contributed by atoms with E-state index in [2.05, 4.69) is 10.6 Å². The molecular formula is C16H16ClFN2O. The van der Waals surface area contributed by atoms with Gasteiger partial charge in [-0.25, -0.2) is 4.39 Å². The van der Waals surface area contributed by atoms with Crippen molar-refractivity contribution in [3.8, 4) is 0 Å². The van der Waals surface area contributed by atoms with Crippen LogP contribution in [-0.2, 0) is 6.54 Å². The Morgan fingerprint density at radius 2 is 1.90 bits per heavy atom. The maximum Gasteiger partial charge on any atom is 0.253 e. The highest BCUT2D eigenvalue weighted by Gasteiger charge is 2.14. The second-order valence-corrected chi connectivity index (χ2v) is 4.94. The van der Waals surface area contributed by atoms with Gasteiger partial charge in [0.2, 0.25) is 0 Å². The van der Waals surface area contributed by atoms with Gasteiger partial charge < -0.3 is 10.6 Å². The molecule has 0 saturated carbocycles. The molecule has 2 rings (SSSR count). The molecule has 0 aliphatic carbocycles. The van der Waals surface area contributed by atoms with E-state index >= 15 is 0 Å². The second-order valence-electron chi connectivity index (χ2n) is 4.50. The van der Waals surface area contributed by atoms with Crippen molar-refractivity contribution in [3.63, 3.8) is 0 Å². The van der Waals surface area contributed by atoms with Gasteiger partial charge >= 0.3 is 0 Å². The Hall–Kier alpha value is -2.07. The summed E-state index contributed by atoms with van der Waals surface area (Å²) in [6, 6.07) is 11.6. The Bertz CT molecular complexity index is 629. The minimum Gasteiger partial charge on any atom is -0.382 e. The lowest BCUT2D eigenvalue weighted by Crippen LogP contribution is -2.24. The molecule has 5 heteroatoms. The van der Waals surface area contributed by atoms with Crippen LogP contribution in [0.15, 0.2) is 42.5 Å². The number of para-hydroxylation sites is 1. The molecule has 3 nitrogen and oxygen atoms in total. The van der Waals surface area contributed by atoms with E-state index in [1.54, 1.807) is 18.2 Å². The van der Waals surface area contributed by atoms with E-state index in [1.165, 1.54) is 12.1 Å². The van der Waals surface area contributed by atoms with Crippen LogP contribution >= 0.6 is 11.6 Å². The van der Waals surface area contributed by atoms with Crippen molar-refractivity contribution in [2.45, 2.75) is 13.5 Å². The van der Waals surface area contributed by atoms with Crippen LogP contribution in [0.2, 0.25) is 5.02 Å². The zero-order valence-electron chi connectivity index (χ0n) is 11.6. The van der Waals surface area contributed by atoms with Crippen LogP contribution in [-0.4, -0.2) is 12.5 Å². The van der Waals surface area contributed by atoms with E-state index in [-0.39, 0.29) is 11.6 Å². The van der Waals surface area contributed by atoms with Crippen molar-refractivity contribution >= 4 is 23.2 Å². The van der Waals surface area contributed by atoms with Gasteiger partial charge in [0, 0.05) is 18.1 Å². The average Bonchev–Trinajstić information content (AvgIpc) is 2.48. The summed E-state index contributed by atoms with van der Waals surface area (Å²) >= 11 is 5.81. The Morgan fingerprint density at radius 3 is 2.57 bits per heavy atom. The summed E-state index contributed by atoms with van der Waals surface area (Å²) in [5.74, 6) is -0.753. The van der Waals surface area contributed by atoms with Crippen LogP contribution in [0.25, 0.3) is 0 Å². The van der Waals surface area contributed by atoms with Crippen LogP contribution in [0.4, 0.5) is 10.1 Å². The van der Waals surface area contributed by atoms with E-state index in [4.69, 9.17) is 11.6 Å². The standard InChI is InChI=1S/C16H16ClFN2O/c1-2-19-15-13(4-3-5-14(15)18)16(21)20-10-11-6-8-12(17)9-7-11/h3-9,19H,2,10H2,1H3,(H,20,21). The van der Waals surface area contributed by atoms with Crippen molar-refractivity contribution in [2.75, 3.05) is 11.9 Å². The van der Waals surface area contributed by atoms with Gasteiger partial charge in [0.1, 0.15) is 5.82 Å². The first-order valence-corrected chi connectivity index (χ1v) is 7.04. The molecule has 0 aliphatic rings. The Morgan fingerprint density at radius 1 is 1.19 bits per heavy atom. The van der Waals surface area contributed by atoms with Crippen molar-refractivity contribution < 1.29 is 9.18 Å². The molecule has 110 valence electrons. The largest absolute Gasteiger partial charge is 0.382 e. The fraction of sp³-hybridized carbons (Fsp3) is 0.188. The van der Waals surface area contributed by atoms with Gasteiger partial charge in [0.25, 0.3) is 5.91 Å². The first kappa shape index (κ1) is 15.3. The zero-order chi connectivity index (χ0) is 15.2. The van der Waals surface area contributed by atoms with E-state index in [1.807, 2.05) is 19.1 Å². The predicted molar refractivity (Wildman–Crippen MR) is 83.2 cm³/mol. The fourth-order valence-electron chi connectivity index (χ4n) is 1.95. The lowest BCUT2D eigenvalue weighted by molar-refractivity contribution is 0.0951. The summed E-state index contributed by atoms with van der Waals surface area (Å²) in [6.45, 7) is 2.75. The van der Waals surface area contributed by atoms with Crippen LogP contribution in [0.5, 0.6) is 0 Å². The summed E-state index contributed by atoms with van der Waals surface area (Å²) in [6.07, 6.45) is 0. The maximum atomic E-state index is 13.7. The van der Waals surface area contributed by atoms with E-state index < -0.39 is 5.82 Å². The number of carbonyl (C=O) groups is 1. The number of amides is 1. The number of carbonyl (C=O) groups excluding carboxylic acids is 1. The summed E-state index contributed by atoms with van der Waals surface area (Å²) in [4.78, 5) is 12.2. The molecule has 0 radical (unpaired) electrons. The molecule has 2 aromatic carbocycles. The molecule has 0 aromatic heterocycles. The molecule has 2 N–H and O–H groups in total. The van der Waals surface area contributed by atoms with Gasteiger partial charge in [-0.2, -0.15) is 0 Å². The molecule has 0 spiro atoms. The summed E-state index contributed by atoms with van der Waals surface area (Å²) < 4.78 is 13.7. The van der Waals surface area contributed by atoms with Crippen molar-refractivity contribution in [2.24, 2.45) is 0 Å². The van der Waals surface area contributed by atoms with Crippen LogP contribution in [0.3, 0.4) is 0 Å². The number of halogens is 2. The predicted octanol–water partition coefficient (Wildman–Crippen LogP) is 3.84. The van der Waals surface area contributed by atoms with Gasteiger partial charge in [-0.05, 0) is 36.8 Å². The number of nitrogens with one attached hydrogen (secondary N) is 2. The van der Waals surface area contributed by atoms with Crippen molar-refractivity contribution in [3.05, 3.63) is 64.4 Å². The van der Waals surface area contributed by atoms with E-state index in [0.717, 1.165) is 5.56 Å². The van der Waals surface area contributed by atoms with Crippen molar-refractivity contribution in [1.82, 2.24) is 5.32 Å². The minimum atomic E-state index is -0.434. The number of benzene rings is 2. The molecule has 1 amide bonds. The van der Waals surface area contributed by atoms with E-state index in [9.17, 15) is 9.18 Å². The molecule has 0 unspecified atom stereocenters. The smallest absolute Gasteiger partial charge is 0.253 e. The fourth-order valence-corrected chi connectivity index (χ4v) is 2.08. The van der Waals surface area contributed by atoms with Gasteiger partial charge in [-0.1, -0.05) is 29.8 Å². The maximum absolute atomic E-state index is 13.7. The highest BCUT2D eigenvalue weighted by Crippen LogP contribution is 2.19. The van der Waals surface area contributed by atoms with Gasteiger partial charge in [0.05, 0.1) is 11.3 Å². The monoisotopic (exact) mass is 306 g/mol. The van der Waals surface area contributed by atoms with Gasteiger partial charge in [-0.3, -0.25) is 4.79 Å². The number of rotatable bonds is 5. The first-order chi connectivity index (χ1) is 10.1. The molecule has 0 atom stereocenters. The number of hydrogen-bond donors (Lipinski definition) is 2. The first-order valence-electron chi connectivity index (χ1n) is 6.67. The molecule has 0 fully saturated rings. The molecule has 2 aromatic rings. The Balaban J connectivity index is 2.10. The molecule has 0 heterocycles. The van der Waals surface area contributed by atoms with Gasteiger partial charge in [-0.15, -0.1) is 0 Å². The van der Waals surface area contributed by atoms with E-state index in [0.29, 0.717) is 23.7 Å².